The van der Waals surface area contributed by atoms with Crippen molar-refractivity contribution in [3.05, 3.63) is 93.4 Å². The summed E-state index contributed by atoms with van der Waals surface area (Å²) in [6.45, 7) is 2.19. The van der Waals surface area contributed by atoms with Crippen LogP contribution in [0.3, 0.4) is 0 Å². The molecule has 1 N–H and O–H groups in total. The second-order valence-corrected chi connectivity index (χ2v) is 9.44. The summed E-state index contributed by atoms with van der Waals surface area (Å²) < 4.78 is 0.939. The van der Waals surface area contributed by atoms with E-state index in [0.717, 1.165) is 27.4 Å². The maximum Gasteiger partial charge on any atom is 0.256 e. The number of hydrogen-bond acceptors (Lipinski definition) is 3. The monoisotopic (exact) mass is 532 g/mol. The van der Waals surface area contributed by atoms with Crippen molar-refractivity contribution in [2.45, 2.75) is 26.2 Å². The van der Waals surface area contributed by atoms with Crippen LogP contribution < -0.4 is 5.32 Å². The van der Waals surface area contributed by atoms with Crippen molar-refractivity contribution >= 4 is 60.9 Å². The molecule has 170 valence electrons. The highest BCUT2D eigenvalue weighted by molar-refractivity contribution is 9.10. The van der Waals surface area contributed by atoms with Gasteiger partial charge in [0, 0.05) is 10.0 Å². The average molecular weight is 534 g/mol. The van der Waals surface area contributed by atoms with Crippen LogP contribution in [0.2, 0.25) is 5.02 Å². The van der Waals surface area contributed by atoms with Crippen LogP contribution in [0.5, 0.6) is 0 Å². The zero-order chi connectivity index (χ0) is 23.7. The van der Waals surface area contributed by atoms with Gasteiger partial charge in [-0.05, 0) is 65.6 Å². The number of amides is 1. The molecule has 0 saturated carbocycles. The van der Waals surface area contributed by atoms with Gasteiger partial charge in [-0.1, -0.05) is 77.3 Å². The van der Waals surface area contributed by atoms with Crippen molar-refractivity contribution in [2.75, 3.05) is 5.32 Å². The second kappa shape index (κ2) is 9.57. The van der Waals surface area contributed by atoms with Crippen LogP contribution in [-0.4, -0.2) is 20.9 Å². The third-order valence-electron chi connectivity index (χ3n) is 5.82. The highest BCUT2D eigenvalue weighted by Crippen LogP contribution is 2.30. The lowest BCUT2D eigenvalue weighted by atomic mass is 10.0. The van der Waals surface area contributed by atoms with E-state index in [9.17, 15) is 4.79 Å². The van der Waals surface area contributed by atoms with E-state index in [1.807, 2.05) is 42.5 Å². The zero-order valence-corrected chi connectivity index (χ0v) is 20.9. The number of benzene rings is 4. The van der Waals surface area contributed by atoms with Crippen molar-refractivity contribution < 1.29 is 4.79 Å². The number of carbonyl (C=O) groups excluding carboxylic acids is 1. The molecular formula is C27H22BrClN4O. The van der Waals surface area contributed by atoms with E-state index in [1.165, 1.54) is 18.4 Å². The van der Waals surface area contributed by atoms with Gasteiger partial charge in [-0.3, -0.25) is 4.79 Å². The number of anilines is 1. The molecule has 0 saturated heterocycles. The summed E-state index contributed by atoms with van der Waals surface area (Å²) in [4.78, 5) is 14.7. The van der Waals surface area contributed by atoms with E-state index in [2.05, 4.69) is 50.5 Å². The fraction of sp³-hybridized carbons (Fsp3) is 0.148. The number of nitrogens with one attached hydrogen (secondary N) is 1. The Labute approximate surface area is 210 Å². The molecule has 1 amide bonds. The number of hydrogen-bond donors (Lipinski definition) is 1. The Morgan fingerprint density at radius 1 is 0.971 bits per heavy atom. The van der Waals surface area contributed by atoms with E-state index in [0.29, 0.717) is 27.3 Å². The van der Waals surface area contributed by atoms with Gasteiger partial charge in [0.2, 0.25) is 0 Å². The van der Waals surface area contributed by atoms with Crippen LogP contribution in [0.25, 0.3) is 27.5 Å². The first-order valence-corrected chi connectivity index (χ1v) is 12.3. The van der Waals surface area contributed by atoms with Crippen LogP contribution in [0, 0.1) is 0 Å². The van der Waals surface area contributed by atoms with Gasteiger partial charge in [-0.15, -0.1) is 10.2 Å². The minimum atomic E-state index is -0.236. The van der Waals surface area contributed by atoms with Crippen LogP contribution >= 0.6 is 27.5 Å². The summed E-state index contributed by atoms with van der Waals surface area (Å²) in [6.07, 6.45) is 3.41. The van der Waals surface area contributed by atoms with E-state index in [1.54, 1.807) is 23.0 Å². The smallest absolute Gasteiger partial charge is 0.256 e. The minimum Gasteiger partial charge on any atom is -0.321 e. The maximum atomic E-state index is 13.1. The molecule has 0 atom stereocenters. The Morgan fingerprint density at radius 3 is 2.44 bits per heavy atom. The lowest BCUT2D eigenvalue weighted by molar-refractivity contribution is 0.102. The second-order valence-electron chi connectivity index (χ2n) is 8.17. The minimum absolute atomic E-state index is 0.236. The molecule has 0 bridgehead atoms. The highest BCUT2D eigenvalue weighted by atomic mass is 79.9. The van der Waals surface area contributed by atoms with Crippen molar-refractivity contribution in [3.63, 3.8) is 0 Å². The molecule has 5 nitrogen and oxygen atoms in total. The molecule has 0 unspecified atom stereocenters. The highest BCUT2D eigenvalue weighted by Gasteiger charge is 2.15. The maximum absolute atomic E-state index is 13.1. The van der Waals surface area contributed by atoms with E-state index >= 15 is 0 Å². The van der Waals surface area contributed by atoms with Gasteiger partial charge in [0.25, 0.3) is 5.91 Å². The number of fused-ring (bicyclic) bond motifs is 2. The third kappa shape index (κ3) is 4.43. The number of carbonyl (C=O) groups is 1. The van der Waals surface area contributed by atoms with Crippen LogP contribution in [0.4, 0.5) is 5.69 Å². The van der Waals surface area contributed by atoms with Gasteiger partial charge in [-0.2, -0.15) is 4.80 Å². The first-order valence-electron chi connectivity index (χ1n) is 11.2. The fourth-order valence-corrected chi connectivity index (χ4v) is 4.69. The summed E-state index contributed by atoms with van der Waals surface area (Å²) in [5, 5.41) is 14.4. The Bertz CT molecular complexity index is 1510. The average Bonchev–Trinajstić information content (AvgIpc) is 3.26. The quantitative estimate of drug-likeness (QED) is 0.245. The summed E-state index contributed by atoms with van der Waals surface area (Å²) in [6, 6.07) is 23.2. The SMILES string of the molecule is CCCCc1ccc(-n2nc3cc(Cl)c(NC(=O)c4cccc5c(Br)cccc45)cc3n2)cc1. The van der Waals surface area contributed by atoms with E-state index in [4.69, 9.17) is 11.6 Å². The van der Waals surface area contributed by atoms with Gasteiger partial charge >= 0.3 is 0 Å². The first kappa shape index (κ1) is 22.6. The molecule has 0 aliphatic heterocycles. The number of aryl methyl sites for hydroxylation is 1. The molecule has 0 aliphatic carbocycles. The van der Waals surface area contributed by atoms with E-state index < -0.39 is 0 Å². The molecule has 4 aromatic carbocycles. The standard InChI is InChI=1S/C27H22BrClN4O/c1-2-3-6-17-11-13-18(14-12-17)33-31-25-15-23(29)24(16-26(25)32-33)30-27(34)21-9-4-8-20-19(21)7-5-10-22(20)28/h4-5,7-16H,2-3,6H2,1H3,(H,30,34). The van der Waals surface area contributed by atoms with Gasteiger partial charge in [0.15, 0.2) is 0 Å². The molecular weight excluding hydrogens is 512 g/mol. The molecule has 5 aromatic rings. The Kier molecular flexibility index (Phi) is 6.35. The first-order chi connectivity index (χ1) is 16.5. The van der Waals surface area contributed by atoms with Gasteiger partial charge in [0.1, 0.15) is 11.0 Å². The molecule has 5 rings (SSSR count). The van der Waals surface area contributed by atoms with Gasteiger partial charge < -0.3 is 5.32 Å². The summed E-state index contributed by atoms with van der Waals surface area (Å²) in [5.74, 6) is -0.236. The number of rotatable bonds is 6. The number of unbranched alkanes of at least 4 members (excludes halogenated alkanes) is 1. The van der Waals surface area contributed by atoms with Crippen molar-refractivity contribution in [2.24, 2.45) is 0 Å². The molecule has 7 heteroatoms. The Morgan fingerprint density at radius 2 is 1.68 bits per heavy atom. The van der Waals surface area contributed by atoms with Crippen LogP contribution in [0.15, 0.2) is 77.3 Å². The molecule has 0 aliphatic rings. The van der Waals surface area contributed by atoms with Crippen molar-refractivity contribution in [1.29, 1.82) is 0 Å². The van der Waals surface area contributed by atoms with E-state index in [-0.39, 0.29) is 5.91 Å². The van der Waals surface area contributed by atoms with Crippen LogP contribution in [-0.2, 0) is 6.42 Å². The summed E-state index contributed by atoms with van der Waals surface area (Å²) >= 11 is 10.1. The third-order valence-corrected chi connectivity index (χ3v) is 6.82. The fourth-order valence-electron chi connectivity index (χ4n) is 3.99. The summed E-state index contributed by atoms with van der Waals surface area (Å²) in [7, 11) is 0. The van der Waals surface area contributed by atoms with Crippen molar-refractivity contribution in [3.8, 4) is 5.69 Å². The molecule has 0 spiro atoms. The predicted octanol–water partition coefficient (Wildman–Crippen LogP) is 7.58. The molecule has 0 fully saturated rings. The van der Waals surface area contributed by atoms with Gasteiger partial charge in [0.05, 0.1) is 16.4 Å². The Hall–Kier alpha value is -3.22. The molecule has 1 aromatic heterocycles. The Balaban J connectivity index is 1.43. The lowest BCUT2D eigenvalue weighted by Gasteiger charge is -2.10. The van der Waals surface area contributed by atoms with Crippen LogP contribution in [0.1, 0.15) is 35.7 Å². The molecule has 0 radical (unpaired) electrons. The van der Waals surface area contributed by atoms with Gasteiger partial charge in [-0.25, -0.2) is 0 Å². The number of aromatic nitrogens is 3. The molecule has 1 heterocycles. The summed E-state index contributed by atoms with van der Waals surface area (Å²) in [5.41, 5.74) is 4.55. The topological polar surface area (TPSA) is 59.8 Å². The molecule has 34 heavy (non-hydrogen) atoms. The predicted molar refractivity (Wildman–Crippen MR) is 142 cm³/mol. The van der Waals surface area contributed by atoms with Crippen molar-refractivity contribution in [1.82, 2.24) is 15.0 Å². The number of halogens is 2. The number of nitrogens with zero attached hydrogens (tertiary/aromatic N) is 3. The largest absolute Gasteiger partial charge is 0.321 e. The zero-order valence-electron chi connectivity index (χ0n) is 18.6. The normalized spacial score (nSPS) is 11.3. The lowest BCUT2D eigenvalue weighted by Crippen LogP contribution is -2.12.